The van der Waals surface area contributed by atoms with E-state index in [0.717, 1.165) is 11.3 Å². The van der Waals surface area contributed by atoms with Crippen molar-refractivity contribution in [3.05, 3.63) is 66.0 Å². The monoisotopic (exact) mass is 490 g/mol. The van der Waals surface area contributed by atoms with Crippen LogP contribution in [-0.2, 0) is 14.8 Å². The Morgan fingerprint density at radius 1 is 0.939 bits per heavy atom. The Balaban J connectivity index is 1.48. The number of amides is 1. The van der Waals surface area contributed by atoms with Crippen molar-refractivity contribution in [1.82, 2.24) is 4.90 Å². The SMILES string of the molecule is COc1ccccc1OCCN(C)C(=O)COc1ccc(N(C)S(=O)(=O)c2cccs2)cc1. The maximum atomic E-state index is 12.6. The Labute approximate surface area is 198 Å². The number of likely N-dealkylation sites (N-methyl/N-ethyl adjacent to an activating group) is 1. The lowest BCUT2D eigenvalue weighted by Crippen LogP contribution is -2.34. The van der Waals surface area contributed by atoms with Crippen LogP contribution >= 0.6 is 11.3 Å². The molecule has 1 amide bonds. The number of carbonyl (C=O) groups is 1. The average Bonchev–Trinajstić information content (AvgIpc) is 3.38. The molecule has 176 valence electrons. The van der Waals surface area contributed by atoms with Gasteiger partial charge in [-0.15, -0.1) is 11.3 Å². The fourth-order valence-electron chi connectivity index (χ4n) is 2.85. The standard InChI is InChI=1S/C23H26N2O6S2/c1-24(14-15-30-21-8-5-4-7-20(21)29-3)22(26)17-31-19-12-10-18(11-13-19)25(2)33(27,28)23-9-6-16-32-23/h4-13,16H,14-15,17H2,1-3H3. The molecule has 0 bridgehead atoms. The van der Waals surface area contributed by atoms with Gasteiger partial charge >= 0.3 is 0 Å². The molecular formula is C23H26N2O6S2. The molecule has 0 radical (unpaired) electrons. The van der Waals surface area contributed by atoms with Gasteiger partial charge in [0, 0.05) is 14.1 Å². The second kappa shape index (κ2) is 11.1. The molecule has 0 fully saturated rings. The number of hydrogen-bond donors (Lipinski definition) is 0. The molecule has 3 rings (SSSR count). The van der Waals surface area contributed by atoms with Crippen LogP contribution in [0.15, 0.2) is 70.3 Å². The molecule has 0 spiro atoms. The minimum Gasteiger partial charge on any atom is -0.493 e. The fourth-order valence-corrected chi connectivity index (χ4v) is 5.20. The van der Waals surface area contributed by atoms with Crippen LogP contribution in [-0.4, -0.2) is 60.2 Å². The molecule has 0 aliphatic rings. The van der Waals surface area contributed by atoms with Gasteiger partial charge in [-0.25, -0.2) is 8.42 Å². The molecule has 0 atom stereocenters. The van der Waals surface area contributed by atoms with Crippen molar-refractivity contribution in [1.29, 1.82) is 0 Å². The van der Waals surface area contributed by atoms with Crippen molar-refractivity contribution in [3.8, 4) is 17.2 Å². The first-order chi connectivity index (χ1) is 15.8. The summed E-state index contributed by atoms with van der Waals surface area (Å²) in [5, 5.41) is 1.72. The maximum absolute atomic E-state index is 12.6. The summed E-state index contributed by atoms with van der Waals surface area (Å²) < 4.78 is 43.2. The van der Waals surface area contributed by atoms with Crippen LogP contribution < -0.4 is 18.5 Å². The molecule has 0 saturated carbocycles. The topological polar surface area (TPSA) is 85.4 Å². The van der Waals surface area contributed by atoms with Crippen molar-refractivity contribution in [2.24, 2.45) is 0 Å². The number of anilines is 1. The number of nitrogens with zero attached hydrogens (tertiary/aromatic N) is 2. The van der Waals surface area contributed by atoms with Gasteiger partial charge < -0.3 is 19.1 Å². The highest BCUT2D eigenvalue weighted by Gasteiger charge is 2.22. The number of carbonyl (C=O) groups excluding carboxylic acids is 1. The van der Waals surface area contributed by atoms with Crippen LogP contribution in [0.1, 0.15) is 0 Å². The number of para-hydroxylation sites is 2. The fraction of sp³-hybridized carbons (Fsp3) is 0.261. The number of sulfonamides is 1. The highest BCUT2D eigenvalue weighted by Crippen LogP contribution is 2.27. The van der Waals surface area contributed by atoms with E-state index in [4.69, 9.17) is 14.2 Å². The lowest BCUT2D eigenvalue weighted by molar-refractivity contribution is -0.132. The number of ether oxygens (including phenoxy) is 3. The van der Waals surface area contributed by atoms with Gasteiger partial charge in [-0.05, 0) is 47.8 Å². The van der Waals surface area contributed by atoms with Crippen molar-refractivity contribution < 1.29 is 27.4 Å². The van der Waals surface area contributed by atoms with Gasteiger partial charge in [-0.1, -0.05) is 18.2 Å². The number of methoxy groups -OCH3 is 1. The minimum atomic E-state index is -3.60. The zero-order valence-electron chi connectivity index (χ0n) is 18.6. The van der Waals surface area contributed by atoms with E-state index in [0.29, 0.717) is 36.1 Å². The van der Waals surface area contributed by atoms with Gasteiger partial charge in [0.15, 0.2) is 18.1 Å². The van der Waals surface area contributed by atoms with Crippen LogP contribution in [0, 0.1) is 0 Å². The lowest BCUT2D eigenvalue weighted by Gasteiger charge is -2.20. The summed E-state index contributed by atoms with van der Waals surface area (Å²) in [4.78, 5) is 13.9. The second-order valence-corrected chi connectivity index (χ2v) is 10.1. The van der Waals surface area contributed by atoms with E-state index in [9.17, 15) is 13.2 Å². The minimum absolute atomic E-state index is 0.145. The highest BCUT2D eigenvalue weighted by atomic mass is 32.2. The lowest BCUT2D eigenvalue weighted by atomic mass is 10.3. The van der Waals surface area contributed by atoms with E-state index in [2.05, 4.69) is 0 Å². The summed E-state index contributed by atoms with van der Waals surface area (Å²) in [6, 6.07) is 17.1. The van der Waals surface area contributed by atoms with Crippen molar-refractivity contribution in [2.75, 3.05) is 45.3 Å². The maximum Gasteiger partial charge on any atom is 0.273 e. The number of rotatable bonds is 11. The van der Waals surface area contributed by atoms with Gasteiger partial charge in [-0.3, -0.25) is 9.10 Å². The molecule has 0 aliphatic heterocycles. The summed E-state index contributed by atoms with van der Waals surface area (Å²) in [5.41, 5.74) is 0.493. The Morgan fingerprint density at radius 3 is 2.27 bits per heavy atom. The number of thiophene rings is 1. The first-order valence-electron chi connectivity index (χ1n) is 10.1. The van der Waals surface area contributed by atoms with E-state index in [1.165, 1.54) is 16.3 Å². The zero-order chi connectivity index (χ0) is 23.8. The van der Waals surface area contributed by atoms with E-state index in [-0.39, 0.29) is 16.7 Å². The Kier molecular flexibility index (Phi) is 8.18. The largest absolute Gasteiger partial charge is 0.493 e. The van der Waals surface area contributed by atoms with Crippen LogP contribution in [0.2, 0.25) is 0 Å². The van der Waals surface area contributed by atoms with E-state index in [1.807, 2.05) is 12.1 Å². The van der Waals surface area contributed by atoms with E-state index < -0.39 is 10.0 Å². The van der Waals surface area contributed by atoms with Crippen LogP contribution in [0.4, 0.5) is 5.69 Å². The van der Waals surface area contributed by atoms with Gasteiger partial charge in [0.05, 0.1) is 19.3 Å². The molecule has 0 N–H and O–H groups in total. The predicted molar refractivity (Wildman–Crippen MR) is 128 cm³/mol. The molecule has 3 aromatic rings. The van der Waals surface area contributed by atoms with E-state index in [1.54, 1.807) is 68.1 Å². The van der Waals surface area contributed by atoms with Gasteiger partial charge in [-0.2, -0.15) is 0 Å². The van der Waals surface area contributed by atoms with Crippen molar-refractivity contribution in [3.63, 3.8) is 0 Å². The van der Waals surface area contributed by atoms with Crippen LogP contribution in [0.3, 0.4) is 0 Å². The Hall–Kier alpha value is -3.24. The molecule has 0 saturated heterocycles. The van der Waals surface area contributed by atoms with E-state index >= 15 is 0 Å². The third kappa shape index (κ3) is 6.17. The van der Waals surface area contributed by atoms with Crippen molar-refractivity contribution >= 4 is 33.0 Å². The second-order valence-electron chi connectivity index (χ2n) is 7.00. The van der Waals surface area contributed by atoms with Gasteiger partial charge in [0.25, 0.3) is 15.9 Å². The highest BCUT2D eigenvalue weighted by molar-refractivity contribution is 7.94. The van der Waals surface area contributed by atoms with Gasteiger partial charge in [0.2, 0.25) is 0 Å². The molecular weight excluding hydrogens is 464 g/mol. The summed E-state index contributed by atoms with van der Waals surface area (Å²) in [6.45, 7) is 0.542. The van der Waals surface area contributed by atoms with Crippen LogP contribution in [0.25, 0.3) is 0 Å². The molecule has 0 aliphatic carbocycles. The van der Waals surface area contributed by atoms with Crippen LogP contribution in [0.5, 0.6) is 17.2 Å². The zero-order valence-corrected chi connectivity index (χ0v) is 20.3. The number of benzene rings is 2. The number of hydrogen-bond acceptors (Lipinski definition) is 7. The molecule has 2 aromatic carbocycles. The summed E-state index contributed by atoms with van der Waals surface area (Å²) in [6.07, 6.45) is 0. The molecule has 1 heterocycles. The first kappa shape index (κ1) is 24.4. The molecule has 1 aromatic heterocycles. The third-order valence-electron chi connectivity index (χ3n) is 4.85. The summed E-state index contributed by atoms with van der Waals surface area (Å²) >= 11 is 1.16. The normalized spacial score (nSPS) is 11.0. The Bertz CT molecular complexity index is 1150. The van der Waals surface area contributed by atoms with Gasteiger partial charge in [0.1, 0.15) is 16.6 Å². The average molecular weight is 491 g/mol. The first-order valence-corrected chi connectivity index (χ1v) is 12.4. The molecule has 8 nitrogen and oxygen atoms in total. The molecule has 0 unspecified atom stereocenters. The summed E-state index contributed by atoms with van der Waals surface area (Å²) in [5.74, 6) is 1.50. The molecule has 10 heteroatoms. The predicted octanol–water partition coefficient (Wildman–Crippen LogP) is 3.50. The summed E-state index contributed by atoms with van der Waals surface area (Å²) in [7, 11) is 1.14. The quantitative estimate of drug-likeness (QED) is 0.409. The van der Waals surface area contributed by atoms with Crippen molar-refractivity contribution in [2.45, 2.75) is 4.21 Å². The third-order valence-corrected chi connectivity index (χ3v) is 8.01. The Morgan fingerprint density at radius 2 is 1.64 bits per heavy atom. The smallest absolute Gasteiger partial charge is 0.273 e. The molecule has 33 heavy (non-hydrogen) atoms.